The number of aromatic nitrogens is 3. The lowest BCUT2D eigenvalue weighted by Crippen LogP contribution is -2.36. The van der Waals surface area contributed by atoms with E-state index in [2.05, 4.69) is 20.5 Å². The lowest BCUT2D eigenvalue weighted by molar-refractivity contribution is -0.146. The molecule has 0 radical (unpaired) electrons. The van der Waals surface area contributed by atoms with Crippen LogP contribution in [-0.2, 0) is 9.59 Å². The molecular weight excluding hydrogens is 248 g/mol. The second kappa shape index (κ2) is 4.42. The fourth-order valence-electron chi connectivity index (χ4n) is 3.01. The van der Waals surface area contributed by atoms with Gasteiger partial charge in [-0.2, -0.15) is 5.10 Å². The Morgan fingerprint density at radius 2 is 1.95 bits per heavy atom. The summed E-state index contributed by atoms with van der Waals surface area (Å²) in [7, 11) is 0. The lowest BCUT2D eigenvalue weighted by atomic mass is 9.82. The van der Waals surface area contributed by atoms with Gasteiger partial charge in [0.2, 0.25) is 11.9 Å². The van der Waals surface area contributed by atoms with Crippen LogP contribution in [-0.4, -0.2) is 32.2 Å². The maximum absolute atomic E-state index is 12.2. The molecule has 19 heavy (non-hydrogen) atoms. The number of fused-ring (bicyclic) bond motifs is 2. The number of nitrogens with one attached hydrogen (secondary N) is 1. The highest BCUT2D eigenvalue weighted by Gasteiger charge is 2.51. The van der Waals surface area contributed by atoms with E-state index in [0.717, 1.165) is 6.42 Å². The normalized spacial score (nSPS) is 31.4. The number of carboxylic acids is 1. The van der Waals surface area contributed by atoms with Crippen molar-refractivity contribution in [3.63, 3.8) is 0 Å². The first-order valence-electron chi connectivity index (χ1n) is 6.02. The summed E-state index contributed by atoms with van der Waals surface area (Å²) in [5.74, 6) is -2.46. The van der Waals surface area contributed by atoms with E-state index < -0.39 is 17.8 Å². The molecular formula is C12H12N4O3. The molecule has 7 heteroatoms. The molecule has 0 saturated heterocycles. The largest absolute Gasteiger partial charge is 0.481 e. The first kappa shape index (κ1) is 11.8. The minimum absolute atomic E-state index is 0.0113. The number of rotatable bonds is 3. The zero-order chi connectivity index (χ0) is 13.4. The second-order valence-corrected chi connectivity index (χ2v) is 4.79. The second-order valence-electron chi connectivity index (χ2n) is 4.79. The summed E-state index contributed by atoms with van der Waals surface area (Å²) in [5.41, 5.74) is 0. The summed E-state index contributed by atoms with van der Waals surface area (Å²) in [4.78, 5) is 27.4. The van der Waals surface area contributed by atoms with Crippen LogP contribution in [0, 0.1) is 23.7 Å². The number of hydrogen-bond donors (Lipinski definition) is 2. The van der Waals surface area contributed by atoms with Crippen LogP contribution in [0.25, 0.3) is 0 Å². The fraction of sp³-hybridized carbons (Fsp3) is 0.417. The molecule has 0 aromatic carbocycles. The highest BCUT2D eigenvalue weighted by molar-refractivity contribution is 5.95. The van der Waals surface area contributed by atoms with Crippen LogP contribution in [0.4, 0.5) is 5.95 Å². The Morgan fingerprint density at radius 1 is 1.21 bits per heavy atom. The van der Waals surface area contributed by atoms with E-state index in [4.69, 9.17) is 0 Å². The average Bonchev–Trinajstić information content (AvgIpc) is 2.99. The molecule has 2 N–H and O–H groups in total. The molecule has 2 aliphatic carbocycles. The van der Waals surface area contributed by atoms with E-state index >= 15 is 0 Å². The van der Waals surface area contributed by atoms with E-state index in [9.17, 15) is 14.7 Å². The van der Waals surface area contributed by atoms with Crippen molar-refractivity contribution < 1.29 is 14.7 Å². The Labute approximate surface area is 108 Å². The highest BCUT2D eigenvalue weighted by Crippen LogP contribution is 2.48. The SMILES string of the molecule is O=C(O)[C@@H]1C2C=CC(C2)[C@@H]1C(=O)Nc1nccnn1. The molecule has 1 heterocycles. The number of nitrogens with zero attached hydrogens (tertiary/aromatic N) is 3. The molecule has 1 amide bonds. The van der Waals surface area contributed by atoms with Crippen molar-refractivity contribution in [2.75, 3.05) is 5.32 Å². The average molecular weight is 260 g/mol. The van der Waals surface area contributed by atoms with Crippen molar-refractivity contribution in [3.8, 4) is 0 Å². The molecule has 0 spiro atoms. The summed E-state index contributed by atoms with van der Waals surface area (Å²) in [6.07, 6.45) is 7.36. The smallest absolute Gasteiger partial charge is 0.307 e. The van der Waals surface area contributed by atoms with Gasteiger partial charge < -0.3 is 5.11 Å². The van der Waals surface area contributed by atoms with E-state index in [-0.39, 0.29) is 23.7 Å². The Kier molecular flexibility index (Phi) is 2.73. The van der Waals surface area contributed by atoms with Gasteiger partial charge in [0.25, 0.3) is 0 Å². The molecule has 0 aliphatic heterocycles. The number of carbonyl (C=O) groups is 2. The van der Waals surface area contributed by atoms with Crippen molar-refractivity contribution in [2.45, 2.75) is 6.42 Å². The van der Waals surface area contributed by atoms with E-state index in [1.54, 1.807) is 0 Å². The topological polar surface area (TPSA) is 105 Å². The van der Waals surface area contributed by atoms with Crippen molar-refractivity contribution in [1.82, 2.24) is 15.2 Å². The van der Waals surface area contributed by atoms with Gasteiger partial charge in [-0.3, -0.25) is 14.9 Å². The van der Waals surface area contributed by atoms with Gasteiger partial charge in [0.05, 0.1) is 24.2 Å². The van der Waals surface area contributed by atoms with E-state index in [1.807, 2.05) is 12.2 Å². The zero-order valence-corrected chi connectivity index (χ0v) is 9.93. The predicted octanol–water partition coefficient (Wildman–Crippen LogP) is 0.333. The Morgan fingerprint density at radius 3 is 2.58 bits per heavy atom. The van der Waals surface area contributed by atoms with Crippen LogP contribution in [0.1, 0.15) is 6.42 Å². The van der Waals surface area contributed by atoms with Gasteiger partial charge in [-0.1, -0.05) is 12.2 Å². The minimum Gasteiger partial charge on any atom is -0.481 e. The van der Waals surface area contributed by atoms with Crippen molar-refractivity contribution >= 4 is 17.8 Å². The third kappa shape index (κ3) is 1.96. The standard InChI is InChI=1S/C12H12N4O3/c17-10(15-12-13-3-4-14-16-12)8-6-1-2-7(5-6)9(8)11(18)19/h1-4,6-9H,5H2,(H,18,19)(H,13,15,16,17)/t6?,7?,8-,9+/m0/s1. The molecule has 1 fully saturated rings. The monoisotopic (exact) mass is 260 g/mol. The molecule has 98 valence electrons. The van der Waals surface area contributed by atoms with Gasteiger partial charge >= 0.3 is 5.97 Å². The van der Waals surface area contributed by atoms with Crippen LogP contribution in [0.3, 0.4) is 0 Å². The minimum atomic E-state index is -0.927. The summed E-state index contributed by atoms with van der Waals surface area (Å²) in [6.45, 7) is 0. The quantitative estimate of drug-likeness (QED) is 0.759. The van der Waals surface area contributed by atoms with Crippen molar-refractivity contribution in [1.29, 1.82) is 0 Å². The molecule has 2 bridgehead atoms. The maximum atomic E-state index is 12.2. The molecule has 7 nitrogen and oxygen atoms in total. The number of carbonyl (C=O) groups excluding carboxylic acids is 1. The Bertz CT molecular complexity index is 545. The molecule has 1 aromatic rings. The van der Waals surface area contributed by atoms with Crippen LogP contribution >= 0.6 is 0 Å². The molecule has 4 atom stereocenters. The van der Waals surface area contributed by atoms with Gasteiger partial charge in [0.15, 0.2) is 0 Å². The zero-order valence-electron chi connectivity index (χ0n) is 9.93. The Balaban J connectivity index is 1.79. The maximum Gasteiger partial charge on any atom is 0.307 e. The van der Waals surface area contributed by atoms with Gasteiger partial charge in [-0.25, -0.2) is 4.98 Å². The van der Waals surface area contributed by atoms with E-state index in [0.29, 0.717) is 0 Å². The summed E-state index contributed by atoms with van der Waals surface area (Å²) in [5, 5.41) is 19.1. The number of aliphatic carboxylic acids is 1. The van der Waals surface area contributed by atoms with Crippen LogP contribution < -0.4 is 5.32 Å². The first-order valence-corrected chi connectivity index (χ1v) is 6.02. The molecule has 2 unspecified atom stereocenters. The highest BCUT2D eigenvalue weighted by atomic mass is 16.4. The molecule has 3 rings (SSSR count). The van der Waals surface area contributed by atoms with Gasteiger partial charge in [-0.15, -0.1) is 5.10 Å². The third-order valence-corrected chi connectivity index (χ3v) is 3.76. The number of amides is 1. The number of allylic oxidation sites excluding steroid dienone is 2. The number of carboxylic acid groups (broad SMARTS) is 1. The first-order chi connectivity index (χ1) is 9.16. The van der Waals surface area contributed by atoms with Gasteiger partial charge in [0.1, 0.15) is 0 Å². The summed E-state index contributed by atoms with van der Waals surface area (Å²) < 4.78 is 0. The summed E-state index contributed by atoms with van der Waals surface area (Å²) >= 11 is 0. The van der Waals surface area contributed by atoms with Gasteiger partial charge in [-0.05, 0) is 18.3 Å². The van der Waals surface area contributed by atoms with E-state index in [1.165, 1.54) is 12.4 Å². The lowest BCUT2D eigenvalue weighted by Gasteiger charge is -2.23. The molecule has 1 aromatic heterocycles. The van der Waals surface area contributed by atoms with Crippen LogP contribution in [0.5, 0.6) is 0 Å². The predicted molar refractivity (Wildman–Crippen MR) is 63.8 cm³/mol. The van der Waals surface area contributed by atoms with Crippen molar-refractivity contribution in [2.24, 2.45) is 23.7 Å². The molecule has 2 aliphatic rings. The Hall–Kier alpha value is -2.31. The van der Waals surface area contributed by atoms with Crippen LogP contribution in [0.15, 0.2) is 24.5 Å². The van der Waals surface area contributed by atoms with Gasteiger partial charge in [0, 0.05) is 0 Å². The third-order valence-electron chi connectivity index (χ3n) is 3.76. The summed E-state index contributed by atoms with van der Waals surface area (Å²) in [6, 6.07) is 0. The number of hydrogen-bond acceptors (Lipinski definition) is 5. The van der Waals surface area contributed by atoms with Crippen LogP contribution in [0.2, 0.25) is 0 Å². The van der Waals surface area contributed by atoms with Crippen molar-refractivity contribution in [3.05, 3.63) is 24.5 Å². The number of anilines is 1. The molecule has 1 saturated carbocycles. The fourth-order valence-corrected chi connectivity index (χ4v) is 3.01.